The molecule has 6 unspecified atom stereocenters. The highest BCUT2D eigenvalue weighted by Crippen LogP contribution is 2.42. The molecule has 0 aliphatic carbocycles. The van der Waals surface area contributed by atoms with Gasteiger partial charge in [0.05, 0.1) is 37.4 Å². The number of ketones is 1. The van der Waals surface area contributed by atoms with Crippen LogP contribution < -0.4 is 9.47 Å². The van der Waals surface area contributed by atoms with Crippen molar-refractivity contribution in [3.63, 3.8) is 0 Å². The third-order valence-corrected chi connectivity index (χ3v) is 6.75. The molecule has 12 nitrogen and oxygen atoms in total. The third kappa shape index (κ3) is 6.97. The lowest BCUT2D eigenvalue weighted by Crippen LogP contribution is -2.51. The van der Waals surface area contributed by atoms with Crippen LogP contribution in [0.1, 0.15) is 48.2 Å². The Hall–Kier alpha value is -2.97. The van der Waals surface area contributed by atoms with Gasteiger partial charge in [0.1, 0.15) is 53.5 Å². The van der Waals surface area contributed by atoms with Crippen LogP contribution in [0.25, 0.3) is 0 Å². The van der Waals surface area contributed by atoms with Crippen molar-refractivity contribution in [2.75, 3.05) is 13.2 Å². The number of fused-ring (bicyclic) bond motifs is 1. The Morgan fingerprint density at radius 2 is 1.79 bits per heavy atom. The van der Waals surface area contributed by atoms with Crippen LogP contribution in [0.4, 0.5) is 0 Å². The van der Waals surface area contributed by atoms with Crippen LogP contribution >= 0.6 is 0 Å². The van der Waals surface area contributed by atoms with Crippen molar-refractivity contribution in [3.05, 3.63) is 47.5 Å². The highest BCUT2D eigenvalue weighted by molar-refractivity contribution is 6.02. The summed E-state index contributed by atoms with van der Waals surface area (Å²) in [5, 5.41) is 69.7. The first-order chi connectivity index (χ1) is 18.5. The van der Waals surface area contributed by atoms with Crippen molar-refractivity contribution in [2.45, 2.75) is 75.2 Å². The summed E-state index contributed by atoms with van der Waals surface area (Å²) in [7, 11) is 0. The van der Waals surface area contributed by atoms with E-state index in [1.807, 2.05) is 0 Å². The Labute approximate surface area is 224 Å². The Morgan fingerprint density at radius 3 is 2.49 bits per heavy atom. The molecule has 1 fully saturated rings. The number of phenolic OH excluding ortho intramolecular Hbond substituents is 2. The molecule has 1 saturated heterocycles. The summed E-state index contributed by atoms with van der Waals surface area (Å²) in [6.07, 6.45) is -8.68. The lowest BCUT2D eigenvalue weighted by molar-refractivity contribution is -0.282. The topological polar surface area (TPSA) is 196 Å². The van der Waals surface area contributed by atoms with Gasteiger partial charge in [0, 0.05) is 25.0 Å². The predicted molar refractivity (Wildman–Crippen MR) is 134 cm³/mol. The Balaban J connectivity index is 1.51. The van der Waals surface area contributed by atoms with Gasteiger partial charge in [-0.05, 0) is 24.6 Å². The third-order valence-electron chi connectivity index (χ3n) is 6.75. The van der Waals surface area contributed by atoms with Crippen molar-refractivity contribution >= 4 is 5.78 Å². The molecule has 0 bridgehead atoms. The quantitative estimate of drug-likeness (QED) is 0.217. The Morgan fingerprint density at radius 1 is 1.08 bits per heavy atom. The normalized spacial score (nSPS) is 27.2. The van der Waals surface area contributed by atoms with Gasteiger partial charge in [0.2, 0.25) is 0 Å². The number of carbonyl (C=O) groups is 1. The molecule has 7 N–H and O–H groups in total. The summed E-state index contributed by atoms with van der Waals surface area (Å²) < 4.78 is 23.1. The van der Waals surface area contributed by atoms with Crippen molar-refractivity contribution in [3.8, 4) is 23.0 Å². The largest absolute Gasteiger partial charge is 0.508 e. The minimum absolute atomic E-state index is 0.00775. The molecule has 0 aromatic heterocycles. The van der Waals surface area contributed by atoms with E-state index >= 15 is 0 Å². The second-order valence-electron chi connectivity index (χ2n) is 9.87. The van der Waals surface area contributed by atoms with Gasteiger partial charge >= 0.3 is 0 Å². The number of ether oxygens (including phenoxy) is 4. The molecule has 2 aliphatic rings. The first-order valence-corrected chi connectivity index (χ1v) is 12.7. The van der Waals surface area contributed by atoms with E-state index in [2.05, 4.69) is 0 Å². The molecule has 214 valence electrons. The maximum Gasteiger partial charge on any atom is 0.186 e. The van der Waals surface area contributed by atoms with E-state index < -0.39 is 55.6 Å². The van der Waals surface area contributed by atoms with E-state index in [9.17, 15) is 40.5 Å². The monoisotopic (exact) mass is 550 g/mol. The molecular weight excluding hydrogens is 516 g/mol. The van der Waals surface area contributed by atoms with Crippen molar-refractivity contribution in [2.24, 2.45) is 0 Å². The van der Waals surface area contributed by atoms with Gasteiger partial charge in [-0.2, -0.15) is 0 Å². The van der Waals surface area contributed by atoms with Crippen LogP contribution in [-0.2, 0) is 9.47 Å². The molecule has 8 atom stereocenters. The number of phenols is 2. The lowest BCUT2D eigenvalue weighted by Gasteiger charge is -2.37. The molecule has 12 heteroatoms. The fourth-order valence-electron chi connectivity index (χ4n) is 4.60. The zero-order valence-corrected chi connectivity index (χ0v) is 21.3. The van der Waals surface area contributed by atoms with E-state index in [1.165, 1.54) is 24.3 Å². The summed E-state index contributed by atoms with van der Waals surface area (Å²) in [5.74, 6) is -0.423. The van der Waals surface area contributed by atoms with Gasteiger partial charge in [0.25, 0.3) is 0 Å². The second-order valence-corrected chi connectivity index (χ2v) is 9.87. The Bertz CT molecular complexity index is 1120. The number of Topliss-reactive ketones (excluding diaryl/α,β-unsaturated/α-hetero) is 1. The van der Waals surface area contributed by atoms with Crippen LogP contribution in [0.15, 0.2) is 36.4 Å². The highest BCUT2D eigenvalue weighted by atomic mass is 16.7. The van der Waals surface area contributed by atoms with Crippen LogP contribution in [0.2, 0.25) is 0 Å². The molecule has 2 heterocycles. The fourth-order valence-corrected chi connectivity index (χ4v) is 4.60. The molecule has 2 aliphatic heterocycles. The predicted octanol–water partition coefficient (Wildman–Crippen LogP) is 0.529. The average Bonchev–Trinajstić information content (AvgIpc) is 2.89. The standard InChI is InChI=1S/C27H34O12/c1-13-6-21(33)26(35)27(37-13)38-17(8-18(30)22(34)11-28)12-36-16-7-19(31)25-20(32)10-23(39-24(25)9-16)14-2-4-15(29)5-3-14/h2-5,7,9,13,17-18,21-23,26-31,33-35H,6,8,10-12H2,1H3/t13?,17?,18?,21?,22-,23?,26?,27+/m1/s1. The summed E-state index contributed by atoms with van der Waals surface area (Å²) >= 11 is 0. The van der Waals surface area contributed by atoms with Gasteiger partial charge in [-0.3, -0.25) is 4.79 Å². The van der Waals surface area contributed by atoms with Gasteiger partial charge in [-0.1, -0.05) is 12.1 Å². The van der Waals surface area contributed by atoms with Crippen LogP contribution in [-0.4, -0.2) is 97.7 Å². The second kappa shape index (κ2) is 12.5. The first-order valence-electron chi connectivity index (χ1n) is 12.7. The maximum atomic E-state index is 12.8. The van der Waals surface area contributed by atoms with Crippen LogP contribution in [0, 0.1) is 0 Å². The lowest BCUT2D eigenvalue weighted by atomic mass is 9.95. The van der Waals surface area contributed by atoms with Gasteiger partial charge < -0.3 is 54.7 Å². The number of hydrogen-bond acceptors (Lipinski definition) is 12. The summed E-state index contributed by atoms with van der Waals surface area (Å²) in [6, 6.07) is 8.87. The van der Waals surface area contributed by atoms with E-state index in [4.69, 9.17) is 18.9 Å². The number of benzene rings is 2. The van der Waals surface area contributed by atoms with Crippen LogP contribution in [0.5, 0.6) is 23.0 Å². The van der Waals surface area contributed by atoms with Gasteiger partial charge in [-0.15, -0.1) is 0 Å². The first kappa shape index (κ1) is 29.0. The summed E-state index contributed by atoms with van der Waals surface area (Å²) in [5.41, 5.74) is 0.665. The number of carbonyl (C=O) groups excluding carboxylic acids is 1. The van der Waals surface area contributed by atoms with E-state index in [0.29, 0.717) is 5.56 Å². The minimum atomic E-state index is -1.46. The smallest absolute Gasteiger partial charge is 0.186 e. The molecule has 4 rings (SSSR count). The zero-order valence-electron chi connectivity index (χ0n) is 21.3. The van der Waals surface area contributed by atoms with Gasteiger partial charge in [-0.25, -0.2) is 0 Å². The average molecular weight is 551 g/mol. The van der Waals surface area contributed by atoms with E-state index in [1.54, 1.807) is 19.1 Å². The van der Waals surface area contributed by atoms with E-state index in [0.717, 1.165) is 0 Å². The van der Waals surface area contributed by atoms with Crippen molar-refractivity contribution < 1.29 is 59.5 Å². The van der Waals surface area contributed by atoms with Crippen LogP contribution in [0.3, 0.4) is 0 Å². The van der Waals surface area contributed by atoms with E-state index in [-0.39, 0.29) is 60.2 Å². The number of aliphatic hydroxyl groups excluding tert-OH is 5. The van der Waals surface area contributed by atoms with Crippen molar-refractivity contribution in [1.82, 2.24) is 0 Å². The molecule has 0 radical (unpaired) electrons. The maximum absolute atomic E-state index is 12.8. The van der Waals surface area contributed by atoms with Gasteiger partial charge in [0.15, 0.2) is 12.1 Å². The highest BCUT2D eigenvalue weighted by Gasteiger charge is 2.38. The number of aromatic hydroxyl groups is 2. The summed E-state index contributed by atoms with van der Waals surface area (Å²) in [4.78, 5) is 12.8. The number of rotatable bonds is 10. The minimum Gasteiger partial charge on any atom is -0.508 e. The molecule has 0 spiro atoms. The number of hydrogen-bond donors (Lipinski definition) is 7. The SMILES string of the molecule is CC1CC(O)C(O)[C@H](OC(COc2cc(O)c3c(c2)OC(c2ccc(O)cc2)CC3=O)CC(O)[C@H](O)CO)O1. The number of aliphatic hydroxyl groups is 5. The zero-order chi connectivity index (χ0) is 28.3. The molecule has 39 heavy (non-hydrogen) atoms. The molecule has 2 aromatic carbocycles. The molecule has 2 aromatic rings. The fraction of sp³-hybridized carbons (Fsp3) is 0.519. The van der Waals surface area contributed by atoms with Crippen molar-refractivity contribution in [1.29, 1.82) is 0 Å². The Kier molecular flexibility index (Phi) is 9.28. The summed E-state index contributed by atoms with van der Waals surface area (Å²) in [6.45, 7) is 0.739. The molecule has 0 saturated carbocycles. The molecular formula is C27H34O12. The molecule has 0 amide bonds.